The molecule has 7 heteroatoms. The Balaban J connectivity index is 1.45. The molecule has 1 aliphatic heterocycles. The summed E-state index contributed by atoms with van der Waals surface area (Å²) in [4.78, 5) is 14.4. The first-order valence-corrected chi connectivity index (χ1v) is 11.8. The van der Waals surface area contributed by atoms with E-state index in [1.807, 2.05) is 31.2 Å². The molecule has 30 heavy (non-hydrogen) atoms. The maximum Gasteiger partial charge on any atom is 0.243 e. The molecule has 0 atom stereocenters. The van der Waals surface area contributed by atoms with Gasteiger partial charge in [-0.05, 0) is 55.5 Å². The molecule has 0 unspecified atom stereocenters. The van der Waals surface area contributed by atoms with Crippen molar-refractivity contribution >= 4 is 15.9 Å². The van der Waals surface area contributed by atoms with Gasteiger partial charge in [0.2, 0.25) is 15.9 Å². The van der Waals surface area contributed by atoms with E-state index in [9.17, 15) is 13.2 Å². The van der Waals surface area contributed by atoms with Crippen molar-refractivity contribution in [2.45, 2.75) is 37.5 Å². The molecule has 1 amide bonds. The van der Waals surface area contributed by atoms with E-state index in [0.717, 1.165) is 29.7 Å². The van der Waals surface area contributed by atoms with Crippen LogP contribution in [0.3, 0.4) is 0 Å². The molecule has 1 heterocycles. The largest absolute Gasteiger partial charge is 0.491 e. The van der Waals surface area contributed by atoms with Crippen LogP contribution in [-0.4, -0.2) is 56.8 Å². The fraction of sp³-hybridized carbons (Fsp3) is 0.435. The third-order valence-electron chi connectivity index (χ3n) is 5.46. The number of sulfonamides is 1. The van der Waals surface area contributed by atoms with Crippen LogP contribution in [-0.2, 0) is 21.2 Å². The summed E-state index contributed by atoms with van der Waals surface area (Å²) in [5, 5.41) is 0. The molecule has 1 fully saturated rings. The van der Waals surface area contributed by atoms with Crippen LogP contribution in [0.2, 0.25) is 0 Å². The highest BCUT2D eigenvalue weighted by Crippen LogP contribution is 2.21. The number of para-hydroxylation sites is 1. The predicted molar refractivity (Wildman–Crippen MR) is 117 cm³/mol. The van der Waals surface area contributed by atoms with Crippen molar-refractivity contribution in [1.29, 1.82) is 0 Å². The first-order chi connectivity index (χ1) is 14.4. The Bertz CT molecular complexity index is 951. The summed E-state index contributed by atoms with van der Waals surface area (Å²) in [5.74, 6) is 0.875. The van der Waals surface area contributed by atoms with Gasteiger partial charge in [0.1, 0.15) is 12.4 Å². The summed E-state index contributed by atoms with van der Waals surface area (Å²) in [6.45, 7) is 4.14. The van der Waals surface area contributed by atoms with Crippen molar-refractivity contribution in [3.05, 3.63) is 59.7 Å². The molecule has 1 saturated heterocycles. The first-order valence-electron chi connectivity index (χ1n) is 10.4. The van der Waals surface area contributed by atoms with E-state index in [-0.39, 0.29) is 5.91 Å². The number of rotatable bonds is 9. The van der Waals surface area contributed by atoms with Gasteiger partial charge in [0.05, 0.1) is 11.4 Å². The highest BCUT2D eigenvalue weighted by Gasteiger charge is 2.26. The maximum atomic E-state index is 12.6. The summed E-state index contributed by atoms with van der Waals surface area (Å²) >= 11 is 0. The molecule has 0 N–H and O–H groups in total. The van der Waals surface area contributed by atoms with Crippen LogP contribution in [0.15, 0.2) is 53.4 Å². The van der Waals surface area contributed by atoms with Crippen LogP contribution in [0, 0.1) is 6.92 Å². The average Bonchev–Trinajstić information content (AvgIpc) is 3.29. The Labute approximate surface area is 179 Å². The molecule has 1 aliphatic rings. The zero-order chi connectivity index (χ0) is 21.6. The van der Waals surface area contributed by atoms with Crippen molar-refractivity contribution in [3.8, 4) is 5.75 Å². The van der Waals surface area contributed by atoms with Crippen LogP contribution >= 0.6 is 0 Å². The fourth-order valence-electron chi connectivity index (χ4n) is 3.48. The molecule has 2 aromatic carbocycles. The van der Waals surface area contributed by atoms with Gasteiger partial charge in [0.15, 0.2) is 0 Å². The third kappa shape index (κ3) is 5.61. The number of aryl methyl sites for hydroxylation is 2. The quantitative estimate of drug-likeness (QED) is 0.613. The Morgan fingerprint density at radius 2 is 1.73 bits per heavy atom. The fourth-order valence-corrected chi connectivity index (χ4v) is 5.00. The van der Waals surface area contributed by atoms with Crippen LogP contribution in [0.1, 0.15) is 30.4 Å². The highest BCUT2D eigenvalue weighted by atomic mass is 32.2. The summed E-state index contributed by atoms with van der Waals surface area (Å²) in [6, 6.07) is 14.7. The lowest BCUT2D eigenvalue weighted by atomic mass is 10.1. The van der Waals surface area contributed by atoms with Crippen molar-refractivity contribution in [1.82, 2.24) is 9.21 Å². The summed E-state index contributed by atoms with van der Waals surface area (Å²) in [7, 11) is -1.62. The summed E-state index contributed by atoms with van der Waals surface area (Å²) in [5.41, 5.74) is 2.02. The number of amides is 1. The SMILES string of the molecule is Cc1ccccc1OCCN(C)C(=O)CCc1ccc(S(=O)(=O)N2CCCC2)cc1. The zero-order valence-corrected chi connectivity index (χ0v) is 18.5. The first kappa shape index (κ1) is 22.3. The second kappa shape index (κ2) is 10.1. The molecule has 0 bridgehead atoms. The van der Waals surface area contributed by atoms with Gasteiger partial charge in [0, 0.05) is 26.6 Å². The van der Waals surface area contributed by atoms with Crippen molar-refractivity contribution in [2.24, 2.45) is 0 Å². The van der Waals surface area contributed by atoms with Crippen LogP contribution in [0.25, 0.3) is 0 Å². The van der Waals surface area contributed by atoms with Crippen LogP contribution in [0.4, 0.5) is 0 Å². The molecule has 0 radical (unpaired) electrons. The van der Waals surface area contributed by atoms with Gasteiger partial charge in [-0.15, -0.1) is 0 Å². The number of carbonyl (C=O) groups excluding carboxylic acids is 1. The van der Waals surface area contributed by atoms with Crippen molar-refractivity contribution in [2.75, 3.05) is 33.3 Å². The van der Waals surface area contributed by atoms with Crippen molar-refractivity contribution < 1.29 is 17.9 Å². The van der Waals surface area contributed by atoms with Crippen LogP contribution < -0.4 is 4.74 Å². The van der Waals surface area contributed by atoms with Crippen molar-refractivity contribution in [3.63, 3.8) is 0 Å². The molecule has 0 aromatic heterocycles. The number of ether oxygens (including phenoxy) is 1. The maximum absolute atomic E-state index is 12.6. The van der Waals surface area contributed by atoms with E-state index in [1.54, 1.807) is 40.5 Å². The van der Waals surface area contributed by atoms with E-state index in [0.29, 0.717) is 44.0 Å². The van der Waals surface area contributed by atoms with E-state index in [4.69, 9.17) is 4.74 Å². The minimum atomic E-state index is -3.39. The topological polar surface area (TPSA) is 66.9 Å². The Kier molecular flexibility index (Phi) is 7.50. The molecular weight excluding hydrogens is 400 g/mol. The normalized spacial score (nSPS) is 14.6. The number of carbonyl (C=O) groups is 1. The molecule has 3 rings (SSSR count). The Morgan fingerprint density at radius 1 is 1.07 bits per heavy atom. The van der Waals surface area contributed by atoms with Gasteiger partial charge in [-0.3, -0.25) is 4.79 Å². The molecule has 162 valence electrons. The minimum absolute atomic E-state index is 0.0390. The lowest BCUT2D eigenvalue weighted by Crippen LogP contribution is -2.31. The predicted octanol–water partition coefficient (Wildman–Crippen LogP) is 3.25. The lowest BCUT2D eigenvalue weighted by molar-refractivity contribution is -0.130. The minimum Gasteiger partial charge on any atom is -0.491 e. The van der Waals surface area contributed by atoms with Gasteiger partial charge in [-0.2, -0.15) is 4.31 Å². The lowest BCUT2D eigenvalue weighted by Gasteiger charge is -2.18. The Morgan fingerprint density at radius 3 is 2.40 bits per heavy atom. The van der Waals surface area contributed by atoms with Gasteiger partial charge in [-0.1, -0.05) is 30.3 Å². The van der Waals surface area contributed by atoms with E-state index >= 15 is 0 Å². The van der Waals surface area contributed by atoms with Gasteiger partial charge >= 0.3 is 0 Å². The van der Waals surface area contributed by atoms with E-state index in [2.05, 4.69) is 0 Å². The zero-order valence-electron chi connectivity index (χ0n) is 17.7. The van der Waals surface area contributed by atoms with Crippen LogP contribution in [0.5, 0.6) is 5.75 Å². The Hall–Kier alpha value is -2.38. The molecule has 2 aromatic rings. The number of likely N-dealkylation sites (N-methyl/N-ethyl adjacent to an activating group) is 1. The van der Waals surface area contributed by atoms with E-state index < -0.39 is 10.0 Å². The molecule has 0 aliphatic carbocycles. The molecule has 0 spiro atoms. The molecular formula is C23H30N2O4S. The smallest absolute Gasteiger partial charge is 0.243 e. The number of nitrogens with zero attached hydrogens (tertiary/aromatic N) is 2. The summed E-state index contributed by atoms with van der Waals surface area (Å²) in [6.07, 6.45) is 2.79. The molecule has 0 saturated carbocycles. The van der Waals surface area contributed by atoms with E-state index in [1.165, 1.54) is 0 Å². The van der Waals surface area contributed by atoms with Gasteiger partial charge < -0.3 is 9.64 Å². The molecule has 6 nitrogen and oxygen atoms in total. The number of hydrogen-bond acceptors (Lipinski definition) is 4. The average molecular weight is 431 g/mol. The second-order valence-corrected chi connectivity index (χ2v) is 9.62. The van der Waals surface area contributed by atoms with Gasteiger partial charge in [0.25, 0.3) is 0 Å². The standard InChI is InChI=1S/C23H30N2O4S/c1-19-7-3-4-8-22(19)29-18-17-24(2)23(26)14-11-20-9-12-21(13-10-20)30(27,28)25-15-5-6-16-25/h3-4,7-10,12-13H,5-6,11,14-18H2,1-2H3. The number of hydrogen-bond donors (Lipinski definition) is 0. The number of benzene rings is 2. The third-order valence-corrected chi connectivity index (χ3v) is 7.37. The summed E-state index contributed by atoms with van der Waals surface area (Å²) < 4.78 is 32.5. The second-order valence-electron chi connectivity index (χ2n) is 7.68. The highest BCUT2D eigenvalue weighted by molar-refractivity contribution is 7.89. The monoisotopic (exact) mass is 430 g/mol. The van der Waals surface area contributed by atoms with Gasteiger partial charge in [-0.25, -0.2) is 8.42 Å².